The van der Waals surface area contributed by atoms with Gasteiger partial charge in [-0.2, -0.15) is 0 Å². The lowest BCUT2D eigenvalue weighted by Crippen LogP contribution is -2.33. The second-order valence-corrected chi connectivity index (χ2v) is 7.09. The highest BCUT2D eigenvalue weighted by atomic mass is 32.2. The molecule has 0 heterocycles. The van der Waals surface area contributed by atoms with Gasteiger partial charge in [0.25, 0.3) is 5.91 Å². The molecule has 1 aromatic rings. The summed E-state index contributed by atoms with van der Waals surface area (Å²) in [6.45, 7) is 0.791. The first-order valence-corrected chi connectivity index (χ1v) is 8.91. The fourth-order valence-electron chi connectivity index (χ4n) is 2.50. The van der Waals surface area contributed by atoms with Crippen molar-refractivity contribution >= 4 is 15.9 Å². The molecule has 0 atom stereocenters. The minimum Gasteiger partial charge on any atom is -0.383 e. The van der Waals surface area contributed by atoms with E-state index < -0.39 is 10.0 Å². The van der Waals surface area contributed by atoms with Crippen molar-refractivity contribution < 1.29 is 17.9 Å². The van der Waals surface area contributed by atoms with Gasteiger partial charge in [-0.15, -0.1) is 0 Å². The molecule has 1 aliphatic carbocycles. The summed E-state index contributed by atoms with van der Waals surface area (Å²) in [5, 5.41) is 2.67. The van der Waals surface area contributed by atoms with E-state index in [1.54, 1.807) is 19.2 Å². The molecule has 0 spiro atoms. The van der Waals surface area contributed by atoms with Crippen LogP contribution in [0.25, 0.3) is 0 Å². The Bertz CT molecular complexity index is 610. The number of rotatable bonds is 7. The SMILES string of the molecule is COCCNC(=O)c1cccc(S(=O)(=O)NC2CCCC2)c1. The van der Waals surface area contributed by atoms with Crippen LogP contribution < -0.4 is 10.0 Å². The third-order valence-corrected chi connectivity index (χ3v) is 5.19. The van der Waals surface area contributed by atoms with Crippen molar-refractivity contribution in [3.63, 3.8) is 0 Å². The van der Waals surface area contributed by atoms with Crippen LogP contribution in [0.3, 0.4) is 0 Å². The van der Waals surface area contributed by atoms with E-state index in [1.807, 2.05) is 0 Å². The Labute approximate surface area is 131 Å². The molecule has 0 bridgehead atoms. The molecule has 0 saturated heterocycles. The zero-order chi connectivity index (χ0) is 16.0. The number of carbonyl (C=O) groups excluding carboxylic acids is 1. The minimum absolute atomic E-state index is 0.00388. The monoisotopic (exact) mass is 326 g/mol. The van der Waals surface area contributed by atoms with E-state index in [2.05, 4.69) is 10.0 Å². The zero-order valence-corrected chi connectivity index (χ0v) is 13.5. The highest BCUT2D eigenvalue weighted by Crippen LogP contribution is 2.20. The van der Waals surface area contributed by atoms with Crippen LogP contribution in [0.15, 0.2) is 29.2 Å². The minimum atomic E-state index is -3.58. The predicted octanol–water partition coefficient (Wildman–Crippen LogP) is 1.28. The van der Waals surface area contributed by atoms with Crippen molar-refractivity contribution in [3.8, 4) is 0 Å². The first kappa shape index (κ1) is 16.9. The van der Waals surface area contributed by atoms with Gasteiger partial charge in [0, 0.05) is 25.3 Å². The molecule has 6 nitrogen and oxygen atoms in total. The average molecular weight is 326 g/mol. The van der Waals surface area contributed by atoms with E-state index >= 15 is 0 Å². The van der Waals surface area contributed by atoms with Crippen LogP contribution in [0.1, 0.15) is 36.0 Å². The number of sulfonamides is 1. The van der Waals surface area contributed by atoms with E-state index in [-0.39, 0.29) is 16.8 Å². The van der Waals surface area contributed by atoms with E-state index in [1.165, 1.54) is 12.1 Å². The summed E-state index contributed by atoms with van der Waals surface area (Å²) in [4.78, 5) is 12.1. The first-order chi connectivity index (χ1) is 10.5. The summed E-state index contributed by atoms with van der Waals surface area (Å²) in [7, 11) is -2.03. The number of hydrogen-bond donors (Lipinski definition) is 2. The molecule has 1 aromatic carbocycles. The molecule has 122 valence electrons. The Morgan fingerprint density at radius 1 is 1.32 bits per heavy atom. The number of carbonyl (C=O) groups is 1. The van der Waals surface area contributed by atoms with Crippen molar-refractivity contribution in [1.29, 1.82) is 0 Å². The van der Waals surface area contributed by atoms with Crippen molar-refractivity contribution in [2.45, 2.75) is 36.6 Å². The second-order valence-electron chi connectivity index (χ2n) is 5.38. The molecule has 1 aliphatic rings. The molecule has 1 amide bonds. The molecular weight excluding hydrogens is 304 g/mol. The molecule has 2 rings (SSSR count). The maximum atomic E-state index is 12.4. The summed E-state index contributed by atoms with van der Waals surface area (Å²) in [6.07, 6.45) is 3.84. The van der Waals surface area contributed by atoms with Gasteiger partial charge in [-0.25, -0.2) is 13.1 Å². The first-order valence-electron chi connectivity index (χ1n) is 7.42. The molecule has 0 aliphatic heterocycles. The summed E-state index contributed by atoms with van der Waals surface area (Å²) < 4.78 is 32.3. The molecule has 1 saturated carbocycles. The molecule has 1 fully saturated rings. The highest BCUT2D eigenvalue weighted by molar-refractivity contribution is 7.89. The van der Waals surface area contributed by atoms with E-state index in [0.717, 1.165) is 25.7 Å². The van der Waals surface area contributed by atoms with Crippen LogP contribution in [-0.2, 0) is 14.8 Å². The van der Waals surface area contributed by atoms with E-state index in [0.29, 0.717) is 18.7 Å². The number of amides is 1. The Balaban J connectivity index is 2.07. The maximum absolute atomic E-state index is 12.4. The van der Waals surface area contributed by atoms with Crippen LogP contribution in [0, 0.1) is 0 Å². The largest absolute Gasteiger partial charge is 0.383 e. The predicted molar refractivity (Wildman–Crippen MR) is 83.2 cm³/mol. The summed E-state index contributed by atoms with van der Waals surface area (Å²) in [5.74, 6) is -0.310. The number of methoxy groups -OCH3 is 1. The normalized spacial score (nSPS) is 15.9. The van der Waals surface area contributed by atoms with Crippen LogP contribution in [0.5, 0.6) is 0 Å². The van der Waals surface area contributed by atoms with Crippen LogP contribution in [-0.4, -0.2) is 40.6 Å². The lowest BCUT2D eigenvalue weighted by Gasteiger charge is -2.13. The Hall–Kier alpha value is -1.44. The summed E-state index contributed by atoms with van der Waals surface area (Å²) in [5.41, 5.74) is 0.324. The van der Waals surface area contributed by atoms with Gasteiger partial charge in [0.05, 0.1) is 11.5 Å². The number of hydrogen-bond acceptors (Lipinski definition) is 4. The Morgan fingerprint density at radius 3 is 2.73 bits per heavy atom. The van der Waals surface area contributed by atoms with Gasteiger partial charge < -0.3 is 10.1 Å². The Morgan fingerprint density at radius 2 is 2.05 bits per heavy atom. The number of ether oxygens (including phenoxy) is 1. The molecule has 0 unspecified atom stereocenters. The van der Waals surface area contributed by atoms with Gasteiger partial charge in [-0.1, -0.05) is 18.9 Å². The maximum Gasteiger partial charge on any atom is 0.251 e. The van der Waals surface area contributed by atoms with Gasteiger partial charge >= 0.3 is 0 Å². The standard InChI is InChI=1S/C15H22N2O4S/c1-21-10-9-16-15(18)12-5-4-8-14(11-12)22(19,20)17-13-6-2-3-7-13/h4-5,8,11,13,17H,2-3,6-7,9-10H2,1H3,(H,16,18). The molecule has 22 heavy (non-hydrogen) atoms. The molecule has 2 N–H and O–H groups in total. The smallest absolute Gasteiger partial charge is 0.251 e. The van der Waals surface area contributed by atoms with Crippen LogP contribution >= 0.6 is 0 Å². The highest BCUT2D eigenvalue weighted by Gasteiger charge is 2.23. The van der Waals surface area contributed by atoms with Gasteiger partial charge in [-0.3, -0.25) is 4.79 Å². The fraction of sp³-hybridized carbons (Fsp3) is 0.533. The zero-order valence-electron chi connectivity index (χ0n) is 12.7. The van der Waals surface area contributed by atoms with Crippen LogP contribution in [0.4, 0.5) is 0 Å². The summed E-state index contributed by atoms with van der Waals surface area (Å²) in [6, 6.07) is 6.08. The van der Waals surface area contributed by atoms with Gasteiger partial charge in [0.15, 0.2) is 0 Å². The van der Waals surface area contributed by atoms with Crippen molar-refractivity contribution in [2.24, 2.45) is 0 Å². The molecule has 7 heteroatoms. The molecule has 0 radical (unpaired) electrons. The van der Waals surface area contributed by atoms with Gasteiger partial charge in [0.1, 0.15) is 0 Å². The number of benzene rings is 1. The third kappa shape index (κ3) is 4.53. The topological polar surface area (TPSA) is 84.5 Å². The van der Waals surface area contributed by atoms with Crippen LogP contribution in [0.2, 0.25) is 0 Å². The Kier molecular flexibility index (Phi) is 5.93. The average Bonchev–Trinajstić information content (AvgIpc) is 3.00. The summed E-state index contributed by atoms with van der Waals surface area (Å²) >= 11 is 0. The van der Waals surface area contributed by atoms with Gasteiger partial charge in [-0.05, 0) is 31.0 Å². The van der Waals surface area contributed by atoms with Crippen molar-refractivity contribution in [1.82, 2.24) is 10.0 Å². The lowest BCUT2D eigenvalue weighted by atomic mass is 10.2. The third-order valence-electron chi connectivity index (χ3n) is 3.68. The van der Waals surface area contributed by atoms with E-state index in [9.17, 15) is 13.2 Å². The second kappa shape index (κ2) is 7.71. The van der Waals surface area contributed by atoms with Gasteiger partial charge in [0.2, 0.25) is 10.0 Å². The van der Waals surface area contributed by atoms with E-state index in [4.69, 9.17) is 4.74 Å². The van der Waals surface area contributed by atoms with Crippen molar-refractivity contribution in [2.75, 3.05) is 20.3 Å². The van der Waals surface area contributed by atoms with Crippen molar-refractivity contribution in [3.05, 3.63) is 29.8 Å². The fourth-order valence-corrected chi connectivity index (χ4v) is 3.85. The lowest BCUT2D eigenvalue weighted by molar-refractivity contribution is 0.0937. The number of nitrogens with one attached hydrogen (secondary N) is 2. The molecule has 0 aromatic heterocycles. The quantitative estimate of drug-likeness (QED) is 0.739. The molecular formula is C15H22N2O4S.